The molecule has 3 rings (SSSR count). The summed E-state index contributed by atoms with van der Waals surface area (Å²) < 4.78 is 38.0. The van der Waals surface area contributed by atoms with Crippen molar-refractivity contribution in [1.82, 2.24) is 4.98 Å². The first-order valence-electron chi connectivity index (χ1n) is 8.46. The maximum Gasteiger partial charge on any atom is 0.416 e. The highest BCUT2D eigenvalue weighted by Gasteiger charge is 2.30. The van der Waals surface area contributed by atoms with Crippen LogP contribution in [0.3, 0.4) is 0 Å². The molecular formula is C20H16F3N3O2S. The predicted molar refractivity (Wildman–Crippen MR) is 105 cm³/mol. The number of carbonyl (C=O) groups is 2. The summed E-state index contributed by atoms with van der Waals surface area (Å²) in [6.07, 6.45) is -4.38. The highest BCUT2D eigenvalue weighted by Crippen LogP contribution is 2.31. The van der Waals surface area contributed by atoms with Crippen molar-refractivity contribution in [1.29, 1.82) is 0 Å². The molecule has 9 heteroatoms. The zero-order chi connectivity index (χ0) is 21.2. The number of rotatable bonds is 5. The molecule has 0 saturated heterocycles. The molecule has 0 aliphatic heterocycles. The number of amides is 2. The van der Waals surface area contributed by atoms with Crippen LogP contribution in [0.25, 0.3) is 10.6 Å². The molecule has 0 spiro atoms. The molecule has 2 aromatic carbocycles. The van der Waals surface area contributed by atoms with Crippen molar-refractivity contribution >= 4 is 28.8 Å². The molecule has 0 bridgehead atoms. The highest BCUT2D eigenvalue weighted by atomic mass is 32.1. The van der Waals surface area contributed by atoms with E-state index >= 15 is 0 Å². The SMILES string of the molecule is Cc1cc(NC(=O)Cc2csc(-c3ccc(C(F)(F)F)cc3)n2)ccc1C(N)=O. The van der Waals surface area contributed by atoms with Crippen LogP contribution < -0.4 is 11.1 Å². The van der Waals surface area contributed by atoms with Gasteiger partial charge in [0.05, 0.1) is 17.7 Å². The molecule has 0 aliphatic rings. The summed E-state index contributed by atoms with van der Waals surface area (Å²) in [7, 11) is 0. The van der Waals surface area contributed by atoms with Crippen molar-refractivity contribution in [2.45, 2.75) is 19.5 Å². The minimum Gasteiger partial charge on any atom is -0.366 e. The Hall–Kier alpha value is -3.20. The Labute approximate surface area is 168 Å². The van der Waals surface area contributed by atoms with Gasteiger partial charge in [-0.2, -0.15) is 13.2 Å². The number of alkyl halides is 3. The topological polar surface area (TPSA) is 85.1 Å². The maximum atomic E-state index is 12.7. The van der Waals surface area contributed by atoms with Crippen molar-refractivity contribution in [3.63, 3.8) is 0 Å². The van der Waals surface area contributed by atoms with Crippen LogP contribution in [-0.2, 0) is 17.4 Å². The van der Waals surface area contributed by atoms with Crippen LogP contribution >= 0.6 is 11.3 Å². The Morgan fingerprint density at radius 2 is 1.83 bits per heavy atom. The monoisotopic (exact) mass is 419 g/mol. The summed E-state index contributed by atoms with van der Waals surface area (Å²) in [5.74, 6) is -0.848. The van der Waals surface area contributed by atoms with Crippen LogP contribution in [0.5, 0.6) is 0 Å². The number of nitrogens with zero attached hydrogens (tertiary/aromatic N) is 1. The fraction of sp³-hybridized carbons (Fsp3) is 0.150. The van der Waals surface area contributed by atoms with Gasteiger partial charge in [-0.3, -0.25) is 9.59 Å². The predicted octanol–water partition coefficient (Wildman–Crippen LogP) is 4.42. The number of nitrogens with one attached hydrogen (secondary N) is 1. The smallest absolute Gasteiger partial charge is 0.366 e. The number of aryl methyl sites for hydroxylation is 1. The number of primary amides is 1. The molecule has 3 N–H and O–H groups in total. The molecule has 0 unspecified atom stereocenters. The van der Waals surface area contributed by atoms with Crippen LogP contribution in [0.2, 0.25) is 0 Å². The molecule has 0 radical (unpaired) electrons. The van der Waals surface area contributed by atoms with Gasteiger partial charge in [-0.15, -0.1) is 11.3 Å². The molecule has 2 amide bonds. The average Bonchev–Trinajstić information content (AvgIpc) is 3.09. The molecule has 5 nitrogen and oxygen atoms in total. The first kappa shape index (κ1) is 20.5. The lowest BCUT2D eigenvalue weighted by Crippen LogP contribution is -2.16. The fourth-order valence-corrected chi connectivity index (χ4v) is 3.54. The average molecular weight is 419 g/mol. The second-order valence-corrected chi connectivity index (χ2v) is 7.20. The lowest BCUT2D eigenvalue weighted by molar-refractivity contribution is -0.137. The molecule has 0 atom stereocenters. The molecule has 0 saturated carbocycles. The van der Waals surface area contributed by atoms with Gasteiger partial charge in [0.2, 0.25) is 11.8 Å². The maximum absolute atomic E-state index is 12.7. The van der Waals surface area contributed by atoms with Gasteiger partial charge in [0.25, 0.3) is 0 Å². The number of benzene rings is 2. The summed E-state index contributed by atoms with van der Waals surface area (Å²) >= 11 is 1.25. The summed E-state index contributed by atoms with van der Waals surface area (Å²) in [5, 5.41) is 4.94. The summed E-state index contributed by atoms with van der Waals surface area (Å²) in [4.78, 5) is 27.8. The van der Waals surface area contributed by atoms with Gasteiger partial charge < -0.3 is 11.1 Å². The molecule has 29 heavy (non-hydrogen) atoms. The first-order chi connectivity index (χ1) is 13.6. The standard InChI is InChI=1S/C20H16F3N3O2S/c1-11-8-14(6-7-16(11)18(24)28)25-17(27)9-15-10-29-19(26-15)12-2-4-13(5-3-12)20(21,22)23/h2-8,10H,9H2,1H3,(H2,24,28)(H,25,27). The molecule has 3 aromatic rings. The van der Waals surface area contributed by atoms with E-state index in [9.17, 15) is 22.8 Å². The van der Waals surface area contributed by atoms with Gasteiger partial charge in [0.1, 0.15) is 5.01 Å². The Morgan fingerprint density at radius 3 is 2.41 bits per heavy atom. The van der Waals surface area contributed by atoms with E-state index in [1.807, 2.05) is 0 Å². The Kier molecular flexibility index (Phi) is 5.69. The van der Waals surface area contributed by atoms with E-state index in [4.69, 9.17) is 5.73 Å². The quantitative estimate of drug-likeness (QED) is 0.642. The van der Waals surface area contributed by atoms with Gasteiger partial charge in [-0.1, -0.05) is 12.1 Å². The van der Waals surface area contributed by atoms with Crippen molar-refractivity contribution in [3.8, 4) is 10.6 Å². The van der Waals surface area contributed by atoms with Crippen molar-refractivity contribution in [3.05, 3.63) is 70.2 Å². The van der Waals surface area contributed by atoms with E-state index in [1.54, 1.807) is 30.5 Å². The third-order valence-electron chi connectivity index (χ3n) is 4.13. The normalized spacial score (nSPS) is 11.3. The zero-order valence-electron chi connectivity index (χ0n) is 15.2. The van der Waals surface area contributed by atoms with E-state index in [-0.39, 0.29) is 12.3 Å². The van der Waals surface area contributed by atoms with Crippen molar-refractivity contribution in [2.75, 3.05) is 5.32 Å². The van der Waals surface area contributed by atoms with E-state index < -0.39 is 17.6 Å². The van der Waals surface area contributed by atoms with Crippen molar-refractivity contribution < 1.29 is 22.8 Å². The van der Waals surface area contributed by atoms with Crippen LogP contribution in [0.4, 0.5) is 18.9 Å². The van der Waals surface area contributed by atoms with Gasteiger partial charge in [-0.05, 0) is 42.8 Å². The van der Waals surface area contributed by atoms with E-state index in [0.29, 0.717) is 33.1 Å². The molecular weight excluding hydrogens is 403 g/mol. The summed E-state index contributed by atoms with van der Waals surface area (Å²) in [6.45, 7) is 1.71. The lowest BCUT2D eigenvalue weighted by atomic mass is 10.1. The molecule has 1 heterocycles. The van der Waals surface area contributed by atoms with E-state index in [2.05, 4.69) is 10.3 Å². The minimum atomic E-state index is -4.39. The Bertz CT molecular complexity index is 1060. The van der Waals surface area contributed by atoms with Crippen molar-refractivity contribution in [2.24, 2.45) is 5.73 Å². The van der Waals surface area contributed by atoms with Crippen LogP contribution in [0, 0.1) is 6.92 Å². The number of halogens is 3. The summed E-state index contributed by atoms with van der Waals surface area (Å²) in [5.41, 5.74) is 7.14. The first-order valence-corrected chi connectivity index (χ1v) is 9.34. The van der Waals surface area contributed by atoms with Gasteiger partial charge in [0, 0.05) is 22.2 Å². The number of nitrogens with two attached hydrogens (primary N) is 1. The third kappa shape index (κ3) is 5.00. The number of hydrogen-bond acceptors (Lipinski definition) is 4. The van der Waals surface area contributed by atoms with Crippen LogP contribution in [0.1, 0.15) is 27.2 Å². The Balaban J connectivity index is 1.66. The molecule has 0 aliphatic carbocycles. The fourth-order valence-electron chi connectivity index (χ4n) is 2.71. The minimum absolute atomic E-state index is 0.00769. The zero-order valence-corrected chi connectivity index (χ0v) is 16.0. The van der Waals surface area contributed by atoms with E-state index in [1.165, 1.54) is 23.5 Å². The number of thiazole rings is 1. The lowest BCUT2D eigenvalue weighted by Gasteiger charge is -2.07. The van der Waals surface area contributed by atoms with Crippen LogP contribution in [-0.4, -0.2) is 16.8 Å². The van der Waals surface area contributed by atoms with E-state index in [0.717, 1.165) is 12.1 Å². The third-order valence-corrected chi connectivity index (χ3v) is 5.07. The Morgan fingerprint density at radius 1 is 1.14 bits per heavy atom. The highest BCUT2D eigenvalue weighted by molar-refractivity contribution is 7.13. The van der Waals surface area contributed by atoms with Crippen LogP contribution in [0.15, 0.2) is 47.8 Å². The number of aromatic nitrogens is 1. The number of carbonyl (C=O) groups excluding carboxylic acids is 2. The van der Waals surface area contributed by atoms with Gasteiger partial charge in [-0.25, -0.2) is 4.98 Å². The summed E-state index contributed by atoms with van der Waals surface area (Å²) in [6, 6.07) is 9.48. The largest absolute Gasteiger partial charge is 0.416 e. The second-order valence-electron chi connectivity index (χ2n) is 6.34. The molecule has 150 valence electrons. The number of anilines is 1. The number of hydrogen-bond donors (Lipinski definition) is 2. The molecule has 1 aromatic heterocycles. The molecule has 0 fully saturated rings. The van der Waals surface area contributed by atoms with Gasteiger partial charge >= 0.3 is 6.18 Å². The second kappa shape index (κ2) is 8.04. The van der Waals surface area contributed by atoms with Gasteiger partial charge in [0.15, 0.2) is 0 Å².